The fourth-order valence-corrected chi connectivity index (χ4v) is 3.88. The summed E-state index contributed by atoms with van der Waals surface area (Å²) < 4.78 is 7.26. The fraction of sp³-hybridized carbons (Fsp3) is 0.0833. The van der Waals surface area contributed by atoms with E-state index >= 15 is 0 Å². The Bertz CT molecular complexity index is 699. The molecule has 7 heteroatoms. The largest absolute Gasteiger partial charge is 0.491 e. The van der Waals surface area contributed by atoms with Crippen LogP contribution >= 0.6 is 34.7 Å². The molecule has 0 saturated heterocycles. The third-order valence-corrected chi connectivity index (χ3v) is 4.74. The summed E-state index contributed by atoms with van der Waals surface area (Å²) in [6.45, 7) is 0. The fourth-order valence-electron chi connectivity index (χ4n) is 1.56. The zero-order chi connectivity index (χ0) is 13.2. The molecule has 0 aliphatic carbocycles. The SMILES string of the molecule is COc1c(Cl)ncnc1Sc1nc2ccccc2s1. The predicted molar refractivity (Wildman–Crippen MR) is 77.3 cm³/mol. The lowest BCUT2D eigenvalue weighted by Crippen LogP contribution is -1.92. The summed E-state index contributed by atoms with van der Waals surface area (Å²) in [6, 6.07) is 8.00. The first-order valence-corrected chi connectivity index (χ1v) is 7.37. The molecule has 0 fully saturated rings. The average molecular weight is 310 g/mol. The topological polar surface area (TPSA) is 47.9 Å². The van der Waals surface area contributed by atoms with E-state index in [4.69, 9.17) is 16.3 Å². The number of hydrogen-bond acceptors (Lipinski definition) is 6. The number of hydrogen-bond donors (Lipinski definition) is 0. The Morgan fingerprint density at radius 1 is 1.26 bits per heavy atom. The molecular weight excluding hydrogens is 302 g/mol. The molecule has 1 aromatic carbocycles. The first-order chi connectivity index (χ1) is 9.28. The van der Waals surface area contributed by atoms with Gasteiger partial charge in [-0.25, -0.2) is 15.0 Å². The van der Waals surface area contributed by atoms with Crippen molar-refractivity contribution in [1.82, 2.24) is 15.0 Å². The van der Waals surface area contributed by atoms with Gasteiger partial charge in [-0.15, -0.1) is 11.3 Å². The molecule has 0 aliphatic heterocycles. The van der Waals surface area contributed by atoms with E-state index in [1.54, 1.807) is 18.4 Å². The summed E-state index contributed by atoms with van der Waals surface area (Å²) in [5, 5.41) is 0.975. The van der Waals surface area contributed by atoms with E-state index in [2.05, 4.69) is 15.0 Å². The molecule has 0 unspecified atom stereocenters. The number of nitrogens with zero attached hydrogens (tertiary/aromatic N) is 3. The molecule has 0 atom stereocenters. The molecule has 0 bridgehead atoms. The number of methoxy groups -OCH3 is 1. The van der Waals surface area contributed by atoms with Crippen LogP contribution in [-0.2, 0) is 0 Å². The zero-order valence-corrected chi connectivity index (χ0v) is 12.2. The van der Waals surface area contributed by atoms with Gasteiger partial charge in [0, 0.05) is 0 Å². The Hall–Kier alpha value is -1.37. The molecule has 0 N–H and O–H groups in total. The van der Waals surface area contributed by atoms with Gasteiger partial charge in [-0.3, -0.25) is 0 Å². The summed E-state index contributed by atoms with van der Waals surface area (Å²) in [6.07, 6.45) is 1.42. The van der Waals surface area contributed by atoms with Gasteiger partial charge in [0.2, 0.25) is 0 Å². The Kier molecular flexibility index (Phi) is 3.54. The van der Waals surface area contributed by atoms with E-state index in [9.17, 15) is 0 Å². The van der Waals surface area contributed by atoms with Gasteiger partial charge in [0.05, 0.1) is 17.3 Å². The number of halogens is 1. The molecule has 2 aromatic heterocycles. The normalized spacial score (nSPS) is 10.8. The van der Waals surface area contributed by atoms with E-state index in [-0.39, 0.29) is 0 Å². The molecule has 0 spiro atoms. The summed E-state index contributed by atoms with van der Waals surface area (Å²) in [4.78, 5) is 12.6. The summed E-state index contributed by atoms with van der Waals surface area (Å²) >= 11 is 9.00. The Morgan fingerprint density at radius 2 is 2.11 bits per heavy atom. The van der Waals surface area contributed by atoms with Gasteiger partial charge in [0.25, 0.3) is 0 Å². The van der Waals surface area contributed by atoms with Crippen LogP contribution in [-0.4, -0.2) is 22.1 Å². The van der Waals surface area contributed by atoms with Crippen molar-refractivity contribution in [3.63, 3.8) is 0 Å². The smallest absolute Gasteiger partial charge is 0.189 e. The van der Waals surface area contributed by atoms with Crippen LogP contribution in [0.1, 0.15) is 0 Å². The van der Waals surface area contributed by atoms with Crippen molar-refractivity contribution >= 4 is 44.9 Å². The van der Waals surface area contributed by atoms with Crippen molar-refractivity contribution in [3.8, 4) is 5.75 Å². The van der Waals surface area contributed by atoms with E-state index in [0.29, 0.717) is 15.9 Å². The molecule has 19 heavy (non-hydrogen) atoms. The molecule has 96 valence electrons. The lowest BCUT2D eigenvalue weighted by Gasteiger charge is -2.05. The van der Waals surface area contributed by atoms with Gasteiger partial charge in [0.1, 0.15) is 6.33 Å². The van der Waals surface area contributed by atoms with Gasteiger partial charge in [0.15, 0.2) is 20.3 Å². The number of thiazole rings is 1. The third kappa shape index (κ3) is 2.51. The molecule has 0 amide bonds. The van der Waals surface area contributed by atoms with Crippen molar-refractivity contribution in [1.29, 1.82) is 0 Å². The highest BCUT2D eigenvalue weighted by Crippen LogP contribution is 2.39. The number of para-hydroxylation sites is 1. The molecule has 3 rings (SSSR count). The second-order valence-corrected chi connectivity index (χ2v) is 6.18. The van der Waals surface area contributed by atoms with Crippen LogP contribution in [0.25, 0.3) is 10.2 Å². The summed E-state index contributed by atoms with van der Waals surface area (Å²) in [5.41, 5.74) is 0.981. The van der Waals surface area contributed by atoms with E-state index < -0.39 is 0 Å². The number of benzene rings is 1. The predicted octanol–water partition coefficient (Wildman–Crippen LogP) is 3.90. The second kappa shape index (κ2) is 5.32. The standard InChI is InChI=1S/C12H8ClN3OS2/c1-17-9-10(13)14-6-15-11(9)19-12-16-7-4-2-3-5-8(7)18-12/h2-6H,1H3. The molecular formula is C12H8ClN3OS2. The Balaban J connectivity index is 1.99. The van der Waals surface area contributed by atoms with E-state index in [1.807, 2.05) is 24.3 Å². The third-order valence-electron chi connectivity index (χ3n) is 2.39. The average Bonchev–Trinajstić information content (AvgIpc) is 2.81. The minimum absolute atomic E-state index is 0.307. The Morgan fingerprint density at radius 3 is 2.89 bits per heavy atom. The molecule has 0 radical (unpaired) electrons. The highest BCUT2D eigenvalue weighted by molar-refractivity contribution is 8.01. The highest BCUT2D eigenvalue weighted by atomic mass is 35.5. The van der Waals surface area contributed by atoms with Crippen LogP contribution in [0.5, 0.6) is 5.75 Å². The van der Waals surface area contributed by atoms with Crippen LogP contribution < -0.4 is 4.74 Å². The van der Waals surface area contributed by atoms with Gasteiger partial charge < -0.3 is 4.74 Å². The van der Waals surface area contributed by atoms with Crippen LogP contribution in [0.15, 0.2) is 40.0 Å². The molecule has 0 saturated carbocycles. The maximum absolute atomic E-state index is 5.97. The van der Waals surface area contributed by atoms with Crippen LogP contribution in [0.2, 0.25) is 5.15 Å². The molecule has 3 aromatic rings. The van der Waals surface area contributed by atoms with Crippen molar-refractivity contribution in [2.24, 2.45) is 0 Å². The highest BCUT2D eigenvalue weighted by Gasteiger charge is 2.14. The van der Waals surface area contributed by atoms with Crippen molar-refractivity contribution in [2.75, 3.05) is 7.11 Å². The maximum atomic E-state index is 5.97. The lowest BCUT2D eigenvalue weighted by atomic mass is 10.3. The van der Waals surface area contributed by atoms with Crippen LogP contribution in [0.4, 0.5) is 0 Å². The van der Waals surface area contributed by atoms with Crippen molar-refractivity contribution in [3.05, 3.63) is 35.7 Å². The number of aromatic nitrogens is 3. The zero-order valence-electron chi connectivity index (χ0n) is 9.83. The minimum Gasteiger partial charge on any atom is -0.491 e. The first kappa shape index (κ1) is 12.7. The summed E-state index contributed by atoms with van der Waals surface area (Å²) in [5.74, 6) is 0.480. The summed E-state index contributed by atoms with van der Waals surface area (Å²) in [7, 11) is 1.55. The quantitative estimate of drug-likeness (QED) is 0.687. The van der Waals surface area contributed by atoms with E-state index in [1.165, 1.54) is 18.1 Å². The van der Waals surface area contributed by atoms with Crippen molar-refractivity contribution < 1.29 is 4.74 Å². The number of rotatable bonds is 3. The Labute approximate surface area is 122 Å². The first-order valence-electron chi connectivity index (χ1n) is 5.36. The van der Waals surface area contributed by atoms with E-state index in [0.717, 1.165) is 14.6 Å². The van der Waals surface area contributed by atoms with Gasteiger partial charge in [-0.05, 0) is 23.9 Å². The van der Waals surface area contributed by atoms with Crippen molar-refractivity contribution in [2.45, 2.75) is 9.37 Å². The van der Waals surface area contributed by atoms with Gasteiger partial charge in [-0.1, -0.05) is 23.7 Å². The molecule has 0 aliphatic rings. The van der Waals surface area contributed by atoms with Gasteiger partial charge >= 0.3 is 0 Å². The number of fused-ring (bicyclic) bond motifs is 1. The maximum Gasteiger partial charge on any atom is 0.189 e. The van der Waals surface area contributed by atoms with Crippen LogP contribution in [0, 0.1) is 0 Å². The van der Waals surface area contributed by atoms with Crippen LogP contribution in [0.3, 0.4) is 0 Å². The minimum atomic E-state index is 0.307. The number of ether oxygens (including phenoxy) is 1. The lowest BCUT2D eigenvalue weighted by molar-refractivity contribution is 0.398. The molecule has 2 heterocycles. The monoisotopic (exact) mass is 309 g/mol. The second-order valence-electron chi connectivity index (χ2n) is 3.55. The van der Waals surface area contributed by atoms with Gasteiger partial charge in [-0.2, -0.15) is 0 Å². The molecule has 4 nitrogen and oxygen atoms in total.